The third-order valence-electron chi connectivity index (χ3n) is 6.62. The third-order valence-corrected chi connectivity index (χ3v) is 6.62. The van der Waals surface area contributed by atoms with Crippen LogP contribution in [0.1, 0.15) is 44.1 Å². The summed E-state index contributed by atoms with van der Waals surface area (Å²) in [6.07, 6.45) is 7.84. The Hall–Kier alpha value is -2.08. The van der Waals surface area contributed by atoms with Gasteiger partial charge in [0.2, 0.25) is 5.91 Å². The number of rotatable bonds is 7. The van der Waals surface area contributed by atoms with Crippen LogP contribution in [0.15, 0.2) is 24.3 Å². The molecule has 28 heavy (non-hydrogen) atoms. The lowest BCUT2D eigenvalue weighted by atomic mass is 9.53. The van der Waals surface area contributed by atoms with E-state index in [1.54, 1.807) is 7.11 Å². The summed E-state index contributed by atoms with van der Waals surface area (Å²) in [5.74, 6) is 2.39. The van der Waals surface area contributed by atoms with Crippen LogP contribution in [0.4, 0.5) is 10.5 Å². The summed E-state index contributed by atoms with van der Waals surface area (Å²) < 4.78 is 4.92. The van der Waals surface area contributed by atoms with Gasteiger partial charge in [0, 0.05) is 24.9 Å². The second kappa shape index (κ2) is 8.11. The molecule has 0 spiro atoms. The minimum Gasteiger partial charge on any atom is -0.383 e. The van der Waals surface area contributed by atoms with Crippen molar-refractivity contribution in [2.75, 3.05) is 25.6 Å². The Labute approximate surface area is 166 Å². The number of anilines is 1. The van der Waals surface area contributed by atoms with Crippen molar-refractivity contribution in [1.29, 1.82) is 0 Å². The summed E-state index contributed by atoms with van der Waals surface area (Å²) in [6, 6.07) is 7.38. The maximum Gasteiger partial charge on any atom is 0.319 e. The first kappa shape index (κ1) is 19.2. The van der Waals surface area contributed by atoms with Gasteiger partial charge >= 0.3 is 6.03 Å². The van der Waals surface area contributed by atoms with Crippen molar-refractivity contribution < 1.29 is 14.3 Å². The Kier molecular flexibility index (Phi) is 5.58. The van der Waals surface area contributed by atoms with Gasteiger partial charge < -0.3 is 20.7 Å². The van der Waals surface area contributed by atoms with Gasteiger partial charge in [-0.3, -0.25) is 4.79 Å². The van der Waals surface area contributed by atoms with Crippen LogP contribution in [0.3, 0.4) is 0 Å². The normalized spacial score (nSPS) is 30.1. The zero-order valence-corrected chi connectivity index (χ0v) is 16.6. The fraction of sp³-hybridized carbons (Fsp3) is 0.636. The number of methoxy groups -OCH3 is 1. The summed E-state index contributed by atoms with van der Waals surface area (Å²) in [7, 11) is 1.61. The number of amides is 3. The zero-order chi connectivity index (χ0) is 19.6. The molecule has 4 aliphatic rings. The minimum atomic E-state index is -0.105. The highest BCUT2D eigenvalue weighted by atomic mass is 16.5. The van der Waals surface area contributed by atoms with E-state index < -0.39 is 0 Å². The van der Waals surface area contributed by atoms with Crippen molar-refractivity contribution in [3.8, 4) is 0 Å². The lowest BCUT2D eigenvalue weighted by molar-refractivity contribution is -0.120. The van der Waals surface area contributed by atoms with E-state index in [1.165, 1.54) is 19.3 Å². The molecule has 0 aliphatic heterocycles. The van der Waals surface area contributed by atoms with Gasteiger partial charge in [-0.1, -0.05) is 12.1 Å². The molecule has 0 heterocycles. The van der Waals surface area contributed by atoms with Crippen LogP contribution in [0.25, 0.3) is 0 Å². The van der Waals surface area contributed by atoms with Crippen molar-refractivity contribution in [1.82, 2.24) is 10.6 Å². The zero-order valence-electron chi connectivity index (χ0n) is 16.6. The number of urea groups is 1. The molecule has 4 saturated carbocycles. The highest BCUT2D eigenvalue weighted by Gasteiger charge is 2.51. The van der Waals surface area contributed by atoms with Gasteiger partial charge in [0.1, 0.15) is 0 Å². The van der Waals surface area contributed by atoms with Crippen molar-refractivity contribution in [3.05, 3.63) is 29.8 Å². The molecular formula is C22H31N3O3. The first-order chi connectivity index (χ1) is 13.5. The third kappa shape index (κ3) is 4.49. The highest BCUT2D eigenvalue weighted by molar-refractivity contribution is 5.90. The Balaban J connectivity index is 1.27. The van der Waals surface area contributed by atoms with E-state index in [2.05, 4.69) is 16.0 Å². The Morgan fingerprint density at radius 3 is 2.21 bits per heavy atom. The Morgan fingerprint density at radius 2 is 1.64 bits per heavy atom. The van der Waals surface area contributed by atoms with E-state index in [0.717, 1.165) is 48.3 Å². The van der Waals surface area contributed by atoms with E-state index in [9.17, 15) is 9.59 Å². The fourth-order valence-corrected chi connectivity index (χ4v) is 5.91. The molecule has 0 atom stereocenters. The van der Waals surface area contributed by atoms with E-state index in [-0.39, 0.29) is 17.5 Å². The molecule has 0 unspecified atom stereocenters. The van der Waals surface area contributed by atoms with Crippen LogP contribution >= 0.6 is 0 Å². The van der Waals surface area contributed by atoms with Crippen LogP contribution in [-0.2, 0) is 16.0 Å². The lowest BCUT2D eigenvalue weighted by Crippen LogP contribution is -2.60. The van der Waals surface area contributed by atoms with E-state index >= 15 is 0 Å². The van der Waals surface area contributed by atoms with Gasteiger partial charge in [0.25, 0.3) is 0 Å². The Bertz CT molecular complexity index is 681. The molecule has 152 valence electrons. The first-order valence-corrected chi connectivity index (χ1v) is 10.5. The topological polar surface area (TPSA) is 79.5 Å². The smallest absolute Gasteiger partial charge is 0.319 e. The quantitative estimate of drug-likeness (QED) is 0.631. The molecule has 0 saturated heterocycles. The van der Waals surface area contributed by atoms with Crippen molar-refractivity contribution in [3.63, 3.8) is 0 Å². The van der Waals surface area contributed by atoms with Crippen molar-refractivity contribution in [2.24, 2.45) is 17.8 Å². The average Bonchev–Trinajstić information content (AvgIpc) is 2.62. The number of ether oxygens (including phenoxy) is 1. The predicted octanol–water partition coefficient (Wildman–Crippen LogP) is 3.08. The monoisotopic (exact) mass is 385 g/mol. The molecule has 4 fully saturated rings. The fourth-order valence-electron chi connectivity index (χ4n) is 5.91. The van der Waals surface area contributed by atoms with E-state index in [4.69, 9.17) is 4.74 Å². The van der Waals surface area contributed by atoms with Gasteiger partial charge in [0.05, 0.1) is 13.0 Å². The second-order valence-electron chi connectivity index (χ2n) is 8.99. The molecule has 4 aliphatic carbocycles. The Morgan fingerprint density at radius 1 is 1.04 bits per heavy atom. The van der Waals surface area contributed by atoms with Crippen LogP contribution < -0.4 is 16.0 Å². The molecule has 3 N–H and O–H groups in total. The van der Waals surface area contributed by atoms with Gasteiger partial charge in [-0.15, -0.1) is 0 Å². The SMILES string of the molecule is COCCNC(=O)Cc1ccc(NC(=O)NC23CC4CC(CC(C4)C2)C3)cc1. The maximum absolute atomic E-state index is 12.6. The molecule has 5 rings (SSSR count). The molecule has 0 aromatic heterocycles. The number of benzene rings is 1. The van der Waals surface area contributed by atoms with E-state index in [0.29, 0.717) is 19.6 Å². The number of carbonyl (C=O) groups is 2. The van der Waals surface area contributed by atoms with Crippen LogP contribution in [0, 0.1) is 17.8 Å². The molecule has 1 aromatic rings. The molecule has 4 bridgehead atoms. The summed E-state index contributed by atoms with van der Waals surface area (Å²) in [4.78, 5) is 24.5. The van der Waals surface area contributed by atoms with Crippen LogP contribution in [0.5, 0.6) is 0 Å². The summed E-state index contributed by atoms with van der Waals surface area (Å²) in [5.41, 5.74) is 1.69. The van der Waals surface area contributed by atoms with E-state index in [1.807, 2.05) is 24.3 Å². The van der Waals surface area contributed by atoms with Crippen LogP contribution in [-0.4, -0.2) is 37.7 Å². The minimum absolute atomic E-state index is 0.0130. The standard InChI is InChI=1S/C22H31N3O3/c1-28-7-6-23-20(26)11-15-2-4-19(5-3-15)24-21(27)25-22-12-16-8-17(13-22)10-18(9-16)14-22/h2-5,16-18H,6-14H2,1H3,(H,23,26)(H2,24,25,27). The largest absolute Gasteiger partial charge is 0.383 e. The van der Waals surface area contributed by atoms with Gasteiger partial charge in [-0.05, 0) is 74.0 Å². The molecular weight excluding hydrogens is 354 g/mol. The summed E-state index contributed by atoms with van der Waals surface area (Å²) in [5, 5.41) is 9.10. The summed E-state index contributed by atoms with van der Waals surface area (Å²) in [6.45, 7) is 1.02. The lowest BCUT2D eigenvalue weighted by Gasteiger charge is -2.56. The number of hydrogen-bond acceptors (Lipinski definition) is 3. The van der Waals surface area contributed by atoms with Gasteiger partial charge in [0.15, 0.2) is 0 Å². The molecule has 0 radical (unpaired) electrons. The van der Waals surface area contributed by atoms with Gasteiger partial charge in [-0.2, -0.15) is 0 Å². The molecule has 1 aromatic carbocycles. The first-order valence-electron chi connectivity index (χ1n) is 10.5. The highest BCUT2D eigenvalue weighted by Crippen LogP contribution is 2.55. The number of nitrogens with one attached hydrogen (secondary N) is 3. The molecule has 6 nitrogen and oxygen atoms in total. The van der Waals surface area contributed by atoms with Crippen molar-refractivity contribution >= 4 is 17.6 Å². The maximum atomic E-state index is 12.6. The summed E-state index contributed by atoms with van der Waals surface area (Å²) >= 11 is 0. The van der Waals surface area contributed by atoms with Crippen molar-refractivity contribution in [2.45, 2.75) is 50.5 Å². The predicted molar refractivity (Wildman–Crippen MR) is 108 cm³/mol. The molecule has 3 amide bonds. The van der Waals surface area contributed by atoms with Crippen LogP contribution in [0.2, 0.25) is 0 Å². The number of hydrogen-bond donors (Lipinski definition) is 3. The average molecular weight is 386 g/mol. The number of carbonyl (C=O) groups excluding carboxylic acids is 2. The molecule has 6 heteroatoms. The second-order valence-corrected chi connectivity index (χ2v) is 8.99. The van der Waals surface area contributed by atoms with Gasteiger partial charge in [-0.25, -0.2) is 4.79 Å².